The van der Waals surface area contributed by atoms with Gasteiger partial charge < -0.3 is 19.7 Å². The first kappa shape index (κ1) is 24.5. The van der Waals surface area contributed by atoms with E-state index in [9.17, 15) is 27.2 Å². The molecule has 0 saturated carbocycles. The molecule has 0 aliphatic carbocycles. The van der Waals surface area contributed by atoms with E-state index in [0.29, 0.717) is 18.9 Å². The maximum absolute atomic E-state index is 14.9. The molecule has 6 rings (SSSR count). The van der Waals surface area contributed by atoms with E-state index >= 15 is 0 Å². The molecule has 2 aromatic heterocycles. The predicted molar refractivity (Wildman–Crippen MR) is 127 cm³/mol. The standard InChI is InChI=1S/C25H18F4N6O4/c26-16-2-1-3-17(27)15(16)9-33-13-31-35(24(33)37)14-4-5-20(18(28)6-14)39-21-7-22(30-8-19(21)29)34-10-25(11-34)12-38-23(36)32-25/h1-8,13H,9-12H2,(H,32,36). The van der Waals surface area contributed by atoms with E-state index in [1.54, 1.807) is 4.90 Å². The lowest BCUT2D eigenvalue weighted by Crippen LogP contribution is -2.69. The van der Waals surface area contributed by atoms with Crippen LogP contribution in [0.3, 0.4) is 0 Å². The second kappa shape index (κ2) is 9.15. The maximum Gasteiger partial charge on any atom is 0.407 e. The molecule has 0 unspecified atom stereocenters. The van der Waals surface area contributed by atoms with Crippen LogP contribution in [0.1, 0.15) is 5.56 Å². The quantitative estimate of drug-likeness (QED) is 0.374. The largest absolute Gasteiger partial charge is 0.451 e. The summed E-state index contributed by atoms with van der Waals surface area (Å²) in [4.78, 5) is 29.9. The number of hydrogen-bond acceptors (Lipinski definition) is 7. The minimum absolute atomic E-state index is 0.0141. The highest BCUT2D eigenvalue weighted by Gasteiger charge is 2.50. The molecule has 2 fully saturated rings. The number of anilines is 1. The number of rotatable bonds is 6. The summed E-state index contributed by atoms with van der Waals surface area (Å²) in [6, 6.07) is 8.12. The van der Waals surface area contributed by atoms with Crippen molar-refractivity contribution in [2.75, 3.05) is 24.6 Å². The van der Waals surface area contributed by atoms with Crippen LogP contribution in [0.15, 0.2) is 59.8 Å². The van der Waals surface area contributed by atoms with Crippen molar-refractivity contribution in [3.05, 3.63) is 94.3 Å². The van der Waals surface area contributed by atoms with Gasteiger partial charge in [-0.1, -0.05) is 6.07 Å². The molecule has 0 atom stereocenters. The number of aromatic nitrogens is 4. The SMILES string of the molecule is O=C1NC2(CO1)CN(c1cc(Oc3ccc(-n4ncn(Cc5c(F)cccc5F)c4=O)cc3F)c(F)cn1)C2. The molecule has 1 spiro atoms. The molecule has 1 amide bonds. The van der Waals surface area contributed by atoms with E-state index in [4.69, 9.17) is 9.47 Å². The molecule has 2 aliphatic heterocycles. The number of hydrogen-bond donors (Lipinski definition) is 1. The molecule has 0 radical (unpaired) electrons. The van der Waals surface area contributed by atoms with Gasteiger partial charge in [-0.05, 0) is 24.3 Å². The van der Waals surface area contributed by atoms with Crippen molar-refractivity contribution in [2.45, 2.75) is 12.1 Å². The molecule has 2 aliphatic rings. The number of amides is 1. The Hall–Kier alpha value is -4.88. The molecule has 4 heterocycles. The van der Waals surface area contributed by atoms with Crippen LogP contribution >= 0.6 is 0 Å². The van der Waals surface area contributed by atoms with Gasteiger partial charge in [-0.15, -0.1) is 0 Å². The average molecular weight is 542 g/mol. The van der Waals surface area contributed by atoms with Gasteiger partial charge in [0.05, 0.1) is 18.4 Å². The van der Waals surface area contributed by atoms with Crippen LogP contribution in [-0.2, 0) is 11.3 Å². The molecular weight excluding hydrogens is 524 g/mol. The van der Waals surface area contributed by atoms with E-state index in [1.165, 1.54) is 24.3 Å². The maximum atomic E-state index is 14.9. The van der Waals surface area contributed by atoms with E-state index in [1.807, 2.05) is 0 Å². The summed E-state index contributed by atoms with van der Waals surface area (Å²) in [6.07, 6.45) is 1.52. The van der Waals surface area contributed by atoms with Gasteiger partial charge in [0.2, 0.25) is 0 Å². The highest BCUT2D eigenvalue weighted by Crippen LogP contribution is 2.34. The number of carbonyl (C=O) groups is 1. The van der Waals surface area contributed by atoms with Crippen molar-refractivity contribution >= 4 is 11.9 Å². The number of ether oxygens (including phenoxy) is 2. The number of benzene rings is 2. The smallest absolute Gasteiger partial charge is 0.407 e. The van der Waals surface area contributed by atoms with Gasteiger partial charge in [0, 0.05) is 30.8 Å². The Balaban J connectivity index is 1.19. The van der Waals surface area contributed by atoms with Crippen molar-refractivity contribution < 1.29 is 31.8 Å². The van der Waals surface area contributed by atoms with Crippen LogP contribution in [0.25, 0.3) is 5.69 Å². The van der Waals surface area contributed by atoms with Crippen LogP contribution in [0.5, 0.6) is 11.5 Å². The number of nitrogens with one attached hydrogen (secondary N) is 1. The van der Waals surface area contributed by atoms with Gasteiger partial charge in [-0.2, -0.15) is 9.78 Å². The zero-order valence-electron chi connectivity index (χ0n) is 19.9. The first-order valence-corrected chi connectivity index (χ1v) is 11.6. The van der Waals surface area contributed by atoms with Gasteiger partial charge in [-0.25, -0.2) is 32.1 Å². The molecule has 1 N–H and O–H groups in total. The Morgan fingerprint density at radius 1 is 0.974 bits per heavy atom. The fourth-order valence-corrected chi connectivity index (χ4v) is 4.47. The monoisotopic (exact) mass is 542 g/mol. The summed E-state index contributed by atoms with van der Waals surface area (Å²) in [5.74, 6) is -3.63. The first-order valence-electron chi connectivity index (χ1n) is 11.6. The molecule has 39 heavy (non-hydrogen) atoms. The van der Waals surface area contributed by atoms with E-state index < -0.39 is 47.1 Å². The number of halogens is 4. The average Bonchev–Trinajstić information content (AvgIpc) is 3.46. The number of cyclic esters (lactones) is 1. The Morgan fingerprint density at radius 2 is 1.74 bits per heavy atom. The topological polar surface area (TPSA) is 104 Å². The Labute approximate surface area is 217 Å². The van der Waals surface area contributed by atoms with Crippen molar-refractivity contribution in [3.8, 4) is 17.2 Å². The van der Waals surface area contributed by atoms with Crippen molar-refractivity contribution in [3.63, 3.8) is 0 Å². The van der Waals surface area contributed by atoms with Gasteiger partial charge in [0.25, 0.3) is 0 Å². The minimum atomic E-state index is -0.916. The lowest BCUT2D eigenvalue weighted by Gasteiger charge is -2.46. The number of nitrogens with zero attached hydrogens (tertiary/aromatic N) is 5. The summed E-state index contributed by atoms with van der Waals surface area (Å²) in [5, 5.41) is 6.63. The van der Waals surface area contributed by atoms with Gasteiger partial charge >= 0.3 is 11.8 Å². The van der Waals surface area contributed by atoms with Crippen molar-refractivity contribution in [1.29, 1.82) is 0 Å². The molecule has 200 valence electrons. The van der Waals surface area contributed by atoms with Crippen LogP contribution in [0, 0.1) is 23.3 Å². The van der Waals surface area contributed by atoms with Crippen molar-refractivity contribution in [2.24, 2.45) is 0 Å². The molecule has 14 heteroatoms. The summed E-state index contributed by atoms with van der Waals surface area (Å²) >= 11 is 0. The van der Waals surface area contributed by atoms with E-state index in [0.717, 1.165) is 40.0 Å². The van der Waals surface area contributed by atoms with Gasteiger partial charge in [0.15, 0.2) is 23.1 Å². The lowest BCUT2D eigenvalue weighted by atomic mass is 9.91. The van der Waals surface area contributed by atoms with Gasteiger partial charge in [0.1, 0.15) is 35.9 Å². The number of carbonyl (C=O) groups excluding carboxylic acids is 1. The van der Waals surface area contributed by atoms with Crippen molar-refractivity contribution in [1.82, 2.24) is 24.6 Å². The second-order valence-electron chi connectivity index (χ2n) is 9.18. The highest BCUT2D eigenvalue weighted by molar-refractivity contribution is 5.72. The Morgan fingerprint density at radius 3 is 2.44 bits per heavy atom. The normalized spacial score (nSPS) is 15.7. The minimum Gasteiger partial charge on any atom is -0.451 e. The Kier molecular flexibility index (Phi) is 5.74. The number of pyridine rings is 1. The molecule has 0 bridgehead atoms. The molecular formula is C25H18F4N6O4. The first-order chi connectivity index (χ1) is 18.7. The van der Waals surface area contributed by atoms with Crippen LogP contribution < -0.4 is 20.6 Å². The van der Waals surface area contributed by atoms with E-state index in [2.05, 4.69) is 15.4 Å². The lowest BCUT2D eigenvalue weighted by molar-refractivity contribution is 0.167. The summed E-state index contributed by atoms with van der Waals surface area (Å²) in [6.45, 7) is 0.587. The summed E-state index contributed by atoms with van der Waals surface area (Å²) in [7, 11) is 0. The molecule has 10 nitrogen and oxygen atoms in total. The third kappa shape index (κ3) is 4.43. The highest BCUT2D eigenvalue weighted by atomic mass is 19.1. The third-order valence-corrected chi connectivity index (χ3v) is 6.47. The third-order valence-electron chi connectivity index (χ3n) is 6.47. The van der Waals surface area contributed by atoms with Crippen LogP contribution in [-0.4, -0.2) is 50.7 Å². The zero-order chi connectivity index (χ0) is 27.3. The predicted octanol–water partition coefficient (Wildman–Crippen LogP) is 3.12. The van der Waals surface area contributed by atoms with Gasteiger partial charge in [-0.3, -0.25) is 4.57 Å². The number of alkyl carbamates (subject to hydrolysis) is 1. The summed E-state index contributed by atoms with van der Waals surface area (Å²) in [5.41, 5.74) is -1.58. The molecule has 2 aromatic carbocycles. The zero-order valence-corrected chi connectivity index (χ0v) is 19.9. The summed E-state index contributed by atoms with van der Waals surface area (Å²) < 4.78 is 69.6. The fourth-order valence-electron chi connectivity index (χ4n) is 4.47. The Bertz CT molecular complexity index is 1650. The van der Waals surface area contributed by atoms with E-state index in [-0.39, 0.29) is 29.4 Å². The fraction of sp³-hybridized carbons (Fsp3) is 0.200. The molecule has 4 aromatic rings. The molecule has 2 saturated heterocycles. The van der Waals surface area contributed by atoms with Crippen LogP contribution in [0.2, 0.25) is 0 Å². The second-order valence-corrected chi connectivity index (χ2v) is 9.18. The van der Waals surface area contributed by atoms with Crippen LogP contribution in [0.4, 0.5) is 28.2 Å².